The molecule has 1 atom stereocenters. The molecule has 1 saturated heterocycles. The molecule has 116 valence electrons. The SMILES string of the molecule is CC(=O)N(CCC(=O)NCC1CCCO1)CCC(C)C. The number of carbonyl (C=O) groups is 2. The Kier molecular flexibility index (Phi) is 7.59. The third-order valence-corrected chi connectivity index (χ3v) is 3.58. The molecule has 5 heteroatoms. The maximum Gasteiger partial charge on any atom is 0.221 e. The average Bonchev–Trinajstić information content (AvgIpc) is 2.88. The Labute approximate surface area is 122 Å². The van der Waals surface area contributed by atoms with Crippen LogP contribution in [0.15, 0.2) is 0 Å². The Morgan fingerprint density at radius 1 is 1.35 bits per heavy atom. The second-order valence-corrected chi connectivity index (χ2v) is 5.88. The van der Waals surface area contributed by atoms with E-state index in [-0.39, 0.29) is 17.9 Å². The van der Waals surface area contributed by atoms with Gasteiger partial charge in [0.2, 0.25) is 11.8 Å². The number of nitrogens with zero attached hydrogens (tertiary/aromatic N) is 1. The zero-order valence-electron chi connectivity index (χ0n) is 13.0. The Morgan fingerprint density at radius 2 is 2.10 bits per heavy atom. The highest BCUT2D eigenvalue weighted by Crippen LogP contribution is 2.10. The van der Waals surface area contributed by atoms with Crippen molar-refractivity contribution in [3.05, 3.63) is 0 Å². The molecular weight excluding hydrogens is 256 g/mol. The Morgan fingerprint density at radius 3 is 2.65 bits per heavy atom. The molecule has 1 aliphatic rings. The number of hydrogen-bond donors (Lipinski definition) is 1. The first-order valence-corrected chi connectivity index (χ1v) is 7.63. The lowest BCUT2D eigenvalue weighted by atomic mass is 10.1. The number of hydrogen-bond acceptors (Lipinski definition) is 3. The van der Waals surface area contributed by atoms with E-state index in [0.29, 0.717) is 25.4 Å². The van der Waals surface area contributed by atoms with Gasteiger partial charge in [0.05, 0.1) is 6.10 Å². The largest absolute Gasteiger partial charge is 0.376 e. The normalized spacial score (nSPS) is 18.3. The number of amides is 2. The van der Waals surface area contributed by atoms with Gasteiger partial charge in [-0.1, -0.05) is 13.8 Å². The number of carbonyl (C=O) groups excluding carboxylic acids is 2. The van der Waals surface area contributed by atoms with Gasteiger partial charge in [0, 0.05) is 39.6 Å². The summed E-state index contributed by atoms with van der Waals surface area (Å²) < 4.78 is 5.45. The monoisotopic (exact) mass is 284 g/mol. The molecule has 0 saturated carbocycles. The lowest BCUT2D eigenvalue weighted by Gasteiger charge is -2.22. The second kappa shape index (κ2) is 8.95. The molecule has 0 radical (unpaired) electrons. The van der Waals surface area contributed by atoms with Crippen LogP contribution in [0.4, 0.5) is 0 Å². The highest BCUT2D eigenvalue weighted by atomic mass is 16.5. The summed E-state index contributed by atoms with van der Waals surface area (Å²) in [5.41, 5.74) is 0. The summed E-state index contributed by atoms with van der Waals surface area (Å²) in [4.78, 5) is 25.0. The summed E-state index contributed by atoms with van der Waals surface area (Å²) in [6, 6.07) is 0. The molecule has 0 aromatic carbocycles. The van der Waals surface area contributed by atoms with Crippen molar-refractivity contribution in [2.45, 2.75) is 52.6 Å². The van der Waals surface area contributed by atoms with E-state index in [9.17, 15) is 9.59 Å². The highest BCUT2D eigenvalue weighted by molar-refractivity contribution is 5.78. The first-order valence-electron chi connectivity index (χ1n) is 7.63. The molecule has 1 rings (SSSR count). The summed E-state index contributed by atoms with van der Waals surface area (Å²) in [6.07, 6.45) is 3.60. The predicted molar refractivity (Wildman–Crippen MR) is 78.3 cm³/mol. The van der Waals surface area contributed by atoms with E-state index in [4.69, 9.17) is 4.74 Å². The van der Waals surface area contributed by atoms with Gasteiger partial charge in [-0.05, 0) is 25.2 Å². The fourth-order valence-corrected chi connectivity index (χ4v) is 2.20. The van der Waals surface area contributed by atoms with Crippen LogP contribution in [0.25, 0.3) is 0 Å². The molecule has 0 aromatic rings. The smallest absolute Gasteiger partial charge is 0.221 e. The van der Waals surface area contributed by atoms with E-state index in [1.54, 1.807) is 11.8 Å². The first kappa shape index (κ1) is 17.0. The fourth-order valence-electron chi connectivity index (χ4n) is 2.20. The van der Waals surface area contributed by atoms with Crippen LogP contribution in [-0.2, 0) is 14.3 Å². The van der Waals surface area contributed by atoms with Crippen LogP contribution in [0, 0.1) is 5.92 Å². The molecule has 0 spiro atoms. The van der Waals surface area contributed by atoms with Crippen molar-refractivity contribution >= 4 is 11.8 Å². The third kappa shape index (κ3) is 6.89. The maximum atomic E-state index is 11.8. The molecule has 0 aromatic heterocycles. The second-order valence-electron chi connectivity index (χ2n) is 5.88. The average molecular weight is 284 g/mol. The number of nitrogens with one attached hydrogen (secondary N) is 1. The molecule has 1 fully saturated rings. The van der Waals surface area contributed by atoms with Gasteiger partial charge in [-0.15, -0.1) is 0 Å². The van der Waals surface area contributed by atoms with E-state index in [2.05, 4.69) is 19.2 Å². The van der Waals surface area contributed by atoms with Crippen LogP contribution in [0.3, 0.4) is 0 Å². The molecule has 20 heavy (non-hydrogen) atoms. The van der Waals surface area contributed by atoms with Crippen LogP contribution in [0.2, 0.25) is 0 Å². The Hall–Kier alpha value is -1.10. The standard InChI is InChI=1S/C15H28N2O3/c1-12(2)6-8-17(13(3)18)9-7-15(19)16-11-14-5-4-10-20-14/h12,14H,4-11H2,1-3H3,(H,16,19). The molecule has 1 heterocycles. The van der Waals surface area contributed by atoms with Gasteiger partial charge in [0.1, 0.15) is 0 Å². The van der Waals surface area contributed by atoms with Crippen molar-refractivity contribution in [2.24, 2.45) is 5.92 Å². The summed E-state index contributed by atoms with van der Waals surface area (Å²) in [7, 11) is 0. The molecule has 0 bridgehead atoms. The lowest BCUT2D eigenvalue weighted by Crippen LogP contribution is -2.37. The molecule has 1 unspecified atom stereocenters. The minimum absolute atomic E-state index is 0.00343. The van der Waals surface area contributed by atoms with Crippen molar-refractivity contribution in [1.82, 2.24) is 10.2 Å². The molecule has 0 aliphatic carbocycles. The van der Waals surface area contributed by atoms with E-state index >= 15 is 0 Å². The summed E-state index contributed by atoms with van der Waals surface area (Å²) in [5, 5.41) is 2.88. The minimum Gasteiger partial charge on any atom is -0.376 e. The van der Waals surface area contributed by atoms with Crippen molar-refractivity contribution < 1.29 is 14.3 Å². The van der Waals surface area contributed by atoms with Crippen LogP contribution in [0.1, 0.15) is 46.5 Å². The Balaban J connectivity index is 2.20. The van der Waals surface area contributed by atoms with E-state index in [0.717, 1.165) is 32.4 Å². The van der Waals surface area contributed by atoms with Gasteiger partial charge in [0.25, 0.3) is 0 Å². The topological polar surface area (TPSA) is 58.6 Å². The molecule has 2 amide bonds. The van der Waals surface area contributed by atoms with E-state index < -0.39 is 0 Å². The summed E-state index contributed by atoms with van der Waals surface area (Å²) in [6.45, 7) is 8.44. The molecular formula is C15H28N2O3. The van der Waals surface area contributed by atoms with Gasteiger partial charge in [-0.3, -0.25) is 9.59 Å². The lowest BCUT2D eigenvalue weighted by molar-refractivity contribution is -0.130. The fraction of sp³-hybridized carbons (Fsp3) is 0.867. The minimum atomic E-state index is -0.00343. The van der Waals surface area contributed by atoms with Crippen LogP contribution in [0.5, 0.6) is 0 Å². The predicted octanol–water partition coefficient (Wildman–Crippen LogP) is 1.57. The molecule has 1 aliphatic heterocycles. The zero-order chi connectivity index (χ0) is 15.0. The van der Waals surface area contributed by atoms with Crippen molar-refractivity contribution in [3.8, 4) is 0 Å². The van der Waals surface area contributed by atoms with Crippen molar-refractivity contribution in [2.75, 3.05) is 26.2 Å². The highest BCUT2D eigenvalue weighted by Gasteiger charge is 2.17. The van der Waals surface area contributed by atoms with Crippen LogP contribution < -0.4 is 5.32 Å². The maximum absolute atomic E-state index is 11.8. The zero-order valence-corrected chi connectivity index (χ0v) is 13.0. The quantitative estimate of drug-likeness (QED) is 0.736. The van der Waals surface area contributed by atoms with Gasteiger partial charge >= 0.3 is 0 Å². The Bertz CT molecular complexity index is 312. The van der Waals surface area contributed by atoms with Gasteiger partial charge < -0.3 is 15.0 Å². The van der Waals surface area contributed by atoms with Gasteiger partial charge in [0.15, 0.2) is 0 Å². The van der Waals surface area contributed by atoms with Gasteiger partial charge in [-0.2, -0.15) is 0 Å². The van der Waals surface area contributed by atoms with Crippen molar-refractivity contribution in [3.63, 3.8) is 0 Å². The number of rotatable bonds is 8. The number of ether oxygens (including phenoxy) is 1. The van der Waals surface area contributed by atoms with E-state index in [1.807, 2.05) is 0 Å². The molecule has 5 nitrogen and oxygen atoms in total. The van der Waals surface area contributed by atoms with E-state index in [1.165, 1.54) is 0 Å². The van der Waals surface area contributed by atoms with Crippen LogP contribution in [-0.4, -0.2) is 49.1 Å². The third-order valence-electron chi connectivity index (χ3n) is 3.58. The first-order chi connectivity index (χ1) is 9.49. The summed E-state index contributed by atoms with van der Waals surface area (Å²) in [5.74, 6) is 0.596. The van der Waals surface area contributed by atoms with Crippen molar-refractivity contribution in [1.29, 1.82) is 0 Å². The van der Waals surface area contributed by atoms with Crippen LogP contribution >= 0.6 is 0 Å². The van der Waals surface area contributed by atoms with Gasteiger partial charge in [-0.25, -0.2) is 0 Å². The summed E-state index contributed by atoms with van der Waals surface area (Å²) >= 11 is 0. The molecule has 1 N–H and O–H groups in total.